The van der Waals surface area contributed by atoms with Gasteiger partial charge in [0.25, 0.3) is 5.91 Å². The standard InChI is InChI=1S/C26H30FN7O3/c1-15(28)11-29-22-7-6-19(25(35)31-17-9-16-13-34(2)33-23(16)21(27)10-17)24-20(22)12-30-26(32-24)37-14-18-5-3-4-8-36-18/h6-7,9-10,12-13,15,18,29H,3-5,8,11,14,28H2,1-2H3,(H,31,35)/t15-,18-/m0/s1. The first-order valence-corrected chi connectivity index (χ1v) is 12.4. The molecule has 4 N–H and O–H groups in total. The van der Waals surface area contributed by atoms with Crippen LogP contribution in [-0.2, 0) is 11.8 Å². The van der Waals surface area contributed by atoms with E-state index in [0.717, 1.165) is 31.6 Å². The lowest BCUT2D eigenvalue weighted by molar-refractivity contribution is -0.0128. The summed E-state index contributed by atoms with van der Waals surface area (Å²) in [5.41, 5.74) is 7.92. The van der Waals surface area contributed by atoms with Gasteiger partial charge in [-0.15, -0.1) is 0 Å². The molecule has 0 saturated carbocycles. The molecular formula is C26H30FN7O3. The van der Waals surface area contributed by atoms with Crippen molar-refractivity contribution >= 4 is 39.1 Å². The predicted octanol–water partition coefficient (Wildman–Crippen LogP) is 3.61. The van der Waals surface area contributed by atoms with E-state index in [0.29, 0.717) is 40.7 Å². The molecule has 2 aromatic heterocycles. The predicted molar refractivity (Wildman–Crippen MR) is 139 cm³/mol. The highest BCUT2D eigenvalue weighted by atomic mass is 19.1. The third-order valence-electron chi connectivity index (χ3n) is 6.19. The van der Waals surface area contributed by atoms with E-state index in [1.807, 2.05) is 6.92 Å². The number of benzene rings is 2. The third-order valence-corrected chi connectivity index (χ3v) is 6.19. The van der Waals surface area contributed by atoms with Gasteiger partial charge in [-0.1, -0.05) is 0 Å². The molecule has 1 aliphatic heterocycles. The molecule has 2 atom stereocenters. The summed E-state index contributed by atoms with van der Waals surface area (Å²) in [6.45, 7) is 3.48. The van der Waals surface area contributed by atoms with Crippen LogP contribution in [0.3, 0.4) is 0 Å². The van der Waals surface area contributed by atoms with Gasteiger partial charge in [-0.3, -0.25) is 9.48 Å². The van der Waals surface area contributed by atoms with Crippen LogP contribution in [0, 0.1) is 5.82 Å². The van der Waals surface area contributed by atoms with Gasteiger partial charge >= 0.3 is 6.01 Å². The highest BCUT2D eigenvalue weighted by molar-refractivity contribution is 6.14. The lowest BCUT2D eigenvalue weighted by Crippen LogP contribution is -2.26. The molecule has 37 heavy (non-hydrogen) atoms. The number of amides is 1. The van der Waals surface area contributed by atoms with Gasteiger partial charge in [-0.2, -0.15) is 10.1 Å². The molecule has 0 unspecified atom stereocenters. The van der Waals surface area contributed by atoms with Crippen molar-refractivity contribution in [3.63, 3.8) is 0 Å². The summed E-state index contributed by atoms with van der Waals surface area (Å²) in [5, 5.41) is 11.4. The Morgan fingerprint density at radius 1 is 1.32 bits per heavy atom. The number of aromatic nitrogens is 4. The van der Waals surface area contributed by atoms with Crippen molar-refractivity contribution in [1.29, 1.82) is 0 Å². The van der Waals surface area contributed by atoms with E-state index in [1.165, 1.54) is 10.7 Å². The zero-order valence-electron chi connectivity index (χ0n) is 20.8. The number of anilines is 2. The maximum atomic E-state index is 14.6. The summed E-state index contributed by atoms with van der Waals surface area (Å²) in [4.78, 5) is 22.3. The third kappa shape index (κ3) is 5.62. The Morgan fingerprint density at radius 3 is 2.97 bits per heavy atom. The first-order valence-electron chi connectivity index (χ1n) is 12.4. The maximum Gasteiger partial charge on any atom is 0.317 e. The smallest absolute Gasteiger partial charge is 0.317 e. The number of fused-ring (bicyclic) bond motifs is 2. The summed E-state index contributed by atoms with van der Waals surface area (Å²) in [7, 11) is 1.71. The minimum absolute atomic E-state index is 0.00727. The molecule has 1 fully saturated rings. The second-order valence-electron chi connectivity index (χ2n) is 9.39. The van der Waals surface area contributed by atoms with Crippen LogP contribution < -0.4 is 21.1 Å². The van der Waals surface area contributed by atoms with Crippen LogP contribution >= 0.6 is 0 Å². The van der Waals surface area contributed by atoms with Gasteiger partial charge in [0.15, 0.2) is 5.82 Å². The number of carbonyl (C=O) groups excluding carboxylic acids is 1. The molecule has 0 aliphatic carbocycles. The van der Waals surface area contributed by atoms with Crippen molar-refractivity contribution in [1.82, 2.24) is 19.7 Å². The molecule has 1 saturated heterocycles. The summed E-state index contributed by atoms with van der Waals surface area (Å²) >= 11 is 0. The van der Waals surface area contributed by atoms with E-state index in [4.69, 9.17) is 15.2 Å². The van der Waals surface area contributed by atoms with E-state index in [1.54, 1.807) is 37.6 Å². The molecular weight excluding hydrogens is 477 g/mol. The van der Waals surface area contributed by atoms with Gasteiger partial charge in [0.2, 0.25) is 0 Å². The molecule has 0 radical (unpaired) electrons. The van der Waals surface area contributed by atoms with Crippen LogP contribution in [0.15, 0.2) is 36.7 Å². The van der Waals surface area contributed by atoms with E-state index in [2.05, 4.69) is 25.7 Å². The number of hydrogen-bond donors (Lipinski definition) is 3. The van der Waals surface area contributed by atoms with Crippen LogP contribution in [0.5, 0.6) is 6.01 Å². The van der Waals surface area contributed by atoms with Crippen LogP contribution in [0.25, 0.3) is 21.8 Å². The molecule has 0 bridgehead atoms. The van der Waals surface area contributed by atoms with E-state index < -0.39 is 11.7 Å². The van der Waals surface area contributed by atoms with E-state index >= 15 is 0 Å². The van der Waals surface area contributed by atoms with Gasteiger partial charge in [0.05, 0.1) is 17.2 Å². The lowest BCUT2D eigenvalue weighted by Gasteiger charge is -2.22. The second-order valence-corrected chi connectivity index (χ2v) is 9.39. The first-order chi connectivity index (χ1) is 17.9. The Morgan fingerprint density at radius 2 is 2.19 bits per heavy atom. The Kier molecular flexibility index (Phi) is 7.15. The summed E-state index contributed by atoms with van der Waals surface area (Å²) < 4.78 is 27.7. The lowest BCUT2D eigenvalue weighted by atomic mass is 10.1. The van der Waals surface area contributed by atoms with E-state index in [-0.39, 0.29) is 23.7 Å². The van der Waals surface area contributed by atoms with Crippen LogP contribution in [-0.4, -0.2) is 57.6 Å². The SMILES string of the molecule is C[C@H](N)CNc1ccc(C(=O)Nc2cc(F)c3nn(C)cc3c2)c2nc(OC[C@@H]3CCCCO3)ncc12. The minimum Gasteiger partial charge on any atom is -0.461 e. The van der Waals surface area contributed by atoms with Gasteiger partial charge in [0.1, 0.15) is 12.1 Å². The molecule has 3 heterocycles. The number of rotatable bonds is 8. The van der Waals surface area contributed by atoms with E-state index in [9.17, 15) is 9.18 Å². The Balaban J connectivity index is 1.45. The number of hydrogen-bond acceptors (Lipinski definition) is 8. The monoisotopic (exact) mass is 507 g/mol. The summed E-state index contributed by atoms with van der Waals surface area (Å²) in [6.07, 6.45) is 6.38. The zero-order chi connectivity index (χ0) is 25.9. The number of carbonyl (C=O) groups is 1. The topological polar surface area (TPSA) is 129 Å². The fourth-order valence-electron chi connectivity index (χ4n) is 4.37. The fraction of sp³-hybridized carbons (Fsp3) is 0.385. The van der Waals surface area contributed by atoms with Gasteiger partial charge in [-0.05, 0) is 50.5 Å². The largest absolute Gasteiger partial charge is 0.461 e. The number of nitrogens with two attached hydrogens (primary N) is 1. The van der Waals surface area contributed by atoms with Gasteiger partial charge < -0.3 is 25.8 Å². The Labute approximate surface area is 213 Å². The zero-order valence-corrected chi connectivity index (χ0v) is 20.8. The van der Waals surface area contributed by atoms with Crippen molar-refractivity contribution in [2.24, 2.45) is 12.8 Å². The van der Waals surface area contributed by atoms with Crippen molar-refractivity contribution in [2.45, 2.75) is 38.3 Å². The number of ether oxygens (including phenoxy) is 2. The molecule has 1 aliphatic rings. The molecule has 2 aromatic carbocycles. The van der Waals surface area contributed by atoms with Crippen molar-refractivity contribution in [2.75, 3.05) is 30.4 Å². The molecule has 0 spiro atoms. The van der Waals surface area contributed by atoms with Crippen molar-refractivity contribution in [3.8, 4) is 6.01 Å². The molecule has 10 nitrogen and oxygen atoms in total. The quantitative estimate of drug-likeness (QED) is 0.330. The highest BCUT2D eigenvalue weighted by Crippen LogP contribution is 2.28. The number of nitrogens with one attached hydrogen (secondary N) is 2. The molecule has 4 aromatic rings. The second kappa shape index (κ2) is 10.7. The normalized spacial score (nSPS) is 16.6. The molecule has 11 heteroatoms. The van der Waals surface area contributed by atoms with Crippen molar-refractivity contribution < 1.29 is 18.7 Å². The minimum atomic E-state index is -0.517. The van der Waals surface area contributed by atoms with Crippen LogP contribution in [0.4, 0.5) is 15.8 Å². The summed E-state index contributed by atoms with van der Waals surface area (Å²) in [6, 6.07) is 6.46. The molecule has 5 rings (SSSR count). The van der Waals surface area contributed by atoms with Crippen LogP contribution in [0.2, 0.25) is 0 Å². The Bertz CT molecular complexity index is 1430. The highest BCUT2D eigenvalue weighted by Gasteiger charge is 2.19. The van der Waals surface area contributed by atoms with Gasteiger partial charge in [-0.25, -0.2) is 9.37 Å². The number of aryl methyl sites for hydroxylation is 1. The Hall–Kier alpha value is -3.83. The van der Waals surface area contributed by atoms with Crippen LogP contribution in [0.1, 0.15) is 36.5 Å². The first kappa shape index (κ1) is 24.8. The fourth-order valence-corrected chi connectivity index (χ4v) is 4.37. The maximum absolute atomic E-state index is 14.6. The average Bonchev–Trinajstić information content (AvgIpc) is 3.27. The summed E-state index contributed by atoms with van der Waals surface area (Å²) in [5.74, 6) is -0.955. The average molecular weight is 508 g/mol. The number of nitrogens with zero attached hydrogens (tertiary/aromatic N) is 4. The molecule has 194 valence electrons. The number of halogens is 1. The van der Waals surface area contributed by atoms with Crippen molar-refractivity contribution in [3.05, 3.63) is 48.0 Å². The van der Waals surface area contributed by atoms with Gasteiger partial charge in [0, 0.05) is 60.8 Å². The molecule has 1 amide bonds.